The van der Waals surface area contributed by atoms with Gasteiger partial charge in [0.1, 0.15) is 12.4 Å². The number of fused-ring (bicyclic) bond motifs is 1. The van der Waals surface area contributed by atoms with Gasteiger partial charge in [0, 0.05) is 11.1 Å². The van der Waals surface area contributed by atoms with Crippen molar-refractivity contribution in [3.05, 3.63) is 90.5 Å². The summed E-state index contributed by atoms with van der Waals surface area (Å²) in [6.07, 6.45) is 0.992. The van der Waals surface area contributed by atoms with E-state index in [0.29, 0.717) is 18.4 Å². The Morgan fingerprint density at radius 3 is 2.09 bits per heavy atom. The van der Waals surface area contributed by atoms with Crippen molar-refractivity contribution < 1.29 is 18.9 Å². The van der Waals surface area contributed by atoms with Gasteiger partial charge in [0.05, 0.1) is 13.7 Å². The number of benzene rings is 4. The molecule has 5 aromatic rings. The van der Waals surface area contributed by atoms with Crippen molar-refractivity contribution in [3.8, 4) is 39.8 Å². The van der Waals surface area contributed by atoms with Gasteiger partial charge in [0.15, 0.2) is 0 Å². The van der Waals surface area contributed by atoms with Crippen LogP contribution in [0, 0.1) is 0 Å². The molecular weight excluding hydrogens is 440 g/mol. The van der Waals surface area contributed by atoms with Crippen LogP contribution in [-0.4, -0.2) is 23.9 Å². The molecule has 0 N–H and O–H groups in total. The van der Waals surface area contributed by atoms with Crippen LogP contribution in [0.2, 0.25) is 0 Å². The highest BCUT2D eigenvalue weighted by molar-refractivity contribution is 5.96. The molecule has 0 spiro atoms. The third kappa shape index (κ3) is 4.94. The molecule has 0 saturated carbocycles. The highest BCUT2D eigenvalue weighted by atomic mass is 17.2. The Morgan fingerprint density at radius 2 is 1.37 bits per heavy atom. The zero-order valence-electron chi connectivity index (χ0n) is 19.7. The topological polar surface area (TPSA) is 66.6 Å². The van der Waals surface area contributed by atoms with Crippen LogP contribution in [0.15, 0.2) is 89.3 Å². The Balaban J connectivity index is 1.39. The van der Waals surface area contributed by atoms with Gasteiger partial charge in [0.25, 0.3) is 0 Å². The van der Waals surface area contributed by atoms with Crippen LogP contribution in [0.25, 0.3) is 44.8 Å². The molecule has 1 heterocycles. The summed E-state index contributed by atoms with van der Waals surface area (Å²) in [4.78, 5) is 9.91. The summed E-state index contributed by atoms with van der Waals surface area (Å²) in [5, 5.41) is 10.7. The van der Waals surface area contributed by atoms with E-state index in [0.717, 1.165) is 57.4 Å². The number of hydrogen-bond donors (Lipinski definition) is 0. The molecule has 0 fully saturated rings. The molecule has 0 saturated heterocycles. The van der Waals surface area contributed by atoms with Gasteiger partial charge in [-0.1, -0.05) is 61.5 Å². The largest absolute Gasteiger partial charge is 0.494 e. The molecular formula is C29H26N2O4. The van der Waals surface area contributed by atoms with Gasteiger partial charge in [-0.15, -0.1) is 10.2 Å². The van der Waals surface area contributed by atoms with E-state index in [9.17, 15) is 0 Å². The second-order valence-corrected chi connectivity index (χ2v) is 8.11. The lowest BCUT2D eigenvalue weighted by Gasteiger charge is -2.08. The molecule has 176 valence electrons. The first-order valence-corrected chi connectivity index (χ1v) is 11.6. The van der Waals surface area contributed by atoms with E-state index >= 15 is 0 Å². The predicted octanol–water partition coefficient (Wildman–Crippen LogP) is 7.09. The summed E-state index contributed by atoms with van der Waals surface area (Å²) in [7, 11) is 1.50. The third-order valence-corrected chi connectivity index (χ3v) is 5.79. The van der Waals surface area contributed by atoms with Crippen molar-refractivity contribution in [1.29, 1.82) is 0 Å². The number of rotatable bonds is 9. The second kappa shape index (κ2) is 10.5. The molecule has 0 aliphatic carbocycles. The summed E-state index contributed by atoms with van der Waals surface area (Å²) < 4.78 is 11.8. The standard InChI is InChI=1S/C29H26N2O4/c1-3-18-33-24-15-12-21(13-16-24)20-8-10-22(11-9-20)28-30-31-29(35-28)27-17-14-23(19-34-32-2)25-6-4-5-7-26(25)27/h4-17H,3,18-19H2,1-2H3. The van der Waals surface area contributed by atoms with Crippen molar-refractivity contribution in [3.63, 3.8) is 0 Å². The monoisotopic (exact) mass is 466 g/mol. The van der Waals surface area contributed by atoms with Crippen LogP contribution < -0.4 is 4.74 Å². The maximum atomic E-state index is 6.09. The fraction of sp³-hybridized carbons (Fsp3) is 0.172. The Labute approximate surface area is 204 Å². The van der Waals surface area contributed by atoms with Crippen molar-refractivity contribution in [1.82, 2.24) is 10.2 Å². The zero-order valence-corrected chi connectivity index (χ0v) is 19.7. The first kappa shape index (κ1) is 22.8. The molecule has 0 aliphatic heterocycles. The number of aromatic nitrogens is 2. The Bertz CT molecular complexity index is 1410. The first-order valence-electron chi connectivity index (χ1n) is 11.6. The Hall–Kier alpha value is -4.00. The number of hydrogen-bond acceptors (Lipinski definition) is 6. The molecule has 0 amide bonds. The van der Waals surface area contributed by atoms with Crippen LogP contribution >= 0.6 is 0 Å². The van der Waals surface area contributed by atoms with Crippen LogP contribution in [0.3, 0.4) is 0 Å². The summed E-state index contributed by atoms with van der Waals surface area (Å²) in [6.45, 7) is 3.18. The second-order valence-electron chi connectivity index (χ2n) is 8.11. The summed E-state index contributed by atoms with van der Waals surface area (Å²) in [6, 6.07) is 28.3. The Kier molecular flexibility index (Phi) is 6.84. The highest BCUT2D eigenvalue weighted by Gasteiger charge is 2.15. The predicted molar refractivity (Wildman–Crippen MR) is 136 cm³/mol. The van der Waals surface area contributed by atoms with E-state index in [1.54, 1.807) is 0 Å². The molecule has 5 rings (SSSR count). The van der Waals surface area contributed by atoms with E-state index in [1.165, 1.54) is 7.11 Å². The minimum absolute atomic E-state index is 0.354. The van der Waals surface area contributed by atoms with Crippen molar-refractivity contribution in [2.45, 2.75) is 20.0 Å². The van der Waals surface area contributed by atoms with Gasteiger partial charge in [0.2, 0.25) is 11.8 Å². The average molecular weight is 467 g/mol. The van der Waals surface area contributed by atoms with Crippen LogP contribution in [0.4, 0.5) is 0 Å². The summed E-state index contributed by atoms with van der Waals surface area (Å²) in [5.74, 6) is 1.84. The lowest BCUT2D eigenvalue weighted by atomic mass is 10.00. The number of ether oxygens (including phenoxy) is 1. The normalized spacial score (nSPS) is 11.1. The minimum atomic E-state index is 0.354. The Morgan fingerprint density at radius 1 is 0.714 bits per heavy atom. The molecule has 0 aliphatic rings. The van der Waals surface area contributed by atoms with E-state index in [4.69, 9.17) is 18.9 Å². The lowest BCUT2D eigenvalue weighted by molar-refractivity contribution is -0.282. The maximum Gasteiger partial charge on any atom is 0.248 e. The third-order valence-electron chi connectivity index (χ3n) is 5.79. The van der Waals surface area contributed by atoms with Gasteiger partial charge >= 0.3 is 0 Å². The van der Waals surface area contributed by atoms with Gasteiger partial charge < -0.3 is 9.15 Å². The van der Waals surface area contributed by atoms with Gasteiger partial charge in [-0.3, -0.25) is 0 Å². The van der Waals surface area contributed by atoms with E-state index in [1.807, 2.05) is 60.7 Å². The molecule has 6 heteroatoms. The number of nitrogens with zero attached hydrogens (tertiary/aromatic N) is 2. The smallest absolute Gasteiger partial charge is 0.248 e. The molecule has 0 radical (unpaired) electrons. The van der Waals surface area contributed by atoms with Gasteiger partial charge in [-0.05, 0) is 64.2 Å². The van der Waals surface area contributed by atoms with E-state index < -0.39 is 0 Å². The van der Waals surface area contributed by atoms with E-state index in [2.05, 4.69) is 41.4 Å². The summed E-state index contributed by atoms with van der Waals surface area (Å²) >= 11 is 0. The fourth-order valence-electron chi connectivity index (χ4n) is 4.01. The average Bonchev–Trinajstić information content (AvgIpc) is 3.41. The minimum Gasteiger partial charge on any atom is -0.494 e. The van der Waals surface area contributed by atoms with Crippen molar-refractivity contribution in [2.24, 2.45) is 0 Å². The molecule has 0 unspecified atom stereocenters. The summed E-state index contributed by atoms with van der Waals surface area (Å²) in [5.41, 5.74) is 4.99. The van der Waals surface area contributed by atoms with Crippen molar-refractivity contribution >= 4 is 10.8 Å². The fourth-order valence-corrected chi connectivity index (χ4v) is 4.01. The maximum absolute atomic E-state index is 6.09. The zero-order chi connectivity index (χ0) is 24.0. The molecule has 35 heavy (non-hydrogen) atoms. The van der Waals surface area contributed by atoms with Crippen LogP contribution in [0.5, 0.6) is 5.75 Å². The first-order chi connectivity index (χ1) is 17.3. The molecule has 0 atom stereocenters. The quantitative estimate of drug-likeness (QED) is 0.171. The van der Waals surface area contributed by atoms with Crippen LogP contribution in [0.1, 0.15) is 18.9 Å². The molecule has 4 aromatic carbocycles. The van der Waals surface area contributed by atoms with Gasteiger partial charge in [-0.25, -0.2) is 9.78 Å². The highest BCUT2D eigenvalue weighted by Crippen LogP contribution is 2.33. The molecule has 1 aromatic heterocycles. The lowest BCUT2D eigenvalue weighted by Crippen LogP contribution is -1.94. The van der Waals surface area contributed by atoms with Gasteiger partial charge in [-0.2, -0.15) is 0 Å². The van der Waals surface area contributed by atoms with Crippen molar-refractivity contribution in [2.75, 3.05) is 13.7 Å². The van der Waals surface area contributed by atoms with E-state index in [-0.39, 0.29) is 0 Å². The molecule has 0 bridgehead atoms. The van der Waals surface area contributed by atoms with Crippen LogP contribution in [-0.2, 0) is 16.4 Å². The molecule has 6 nitrogen and oxygen atoms in total. The SMILES string of the molecule is CCCOc1ccc(-c2ccc(-c3nnc(-c4ccc(COOC)c5ccccc45)o3)cc2)cc1.